The molecule has 0 spiro atoms. The minimum Gasteiger partial charge on any atom is -0.488 e. The van der Waals surface area contributed by atoms with Crippen molar-refractivity contribution in [2.24, 2.45) is 11.7 Å². The van der Waals surface area contributed by atoms with E-state index in [1.165, 1.54) is 0 Å². The van der Waals surface area contributed by atoms with Gasteiger partial charge in [-0.1, -0.05) is 30.3 Å². The summed E-state index contributed by atoms with van der Waals surface area (Å²) in [6.45, 7) is 6.42. The standard InChI is InChI=1S/C15H19ClN2O2/c1-2-7-20-14-4-3-11(8-13(14)16)9-18-6-5-12(10-18)15(17)19/h2-4,8,12H,1,5-7,9-10H2,(H2,17,19)/t12-/m0/s1. The molecule has 1 saturated heterocycles. The summed E-state index contributed by atoms with van der Waals surface area (Å²) in [6.07, 6.45) is 2.52. The van der Waals surface area contributed by atoms with Crippen LogP contribution in [0.1, 0.15) is 12.0 Å². The van der Waals surface area contributed by atoms with E-state index in [9.17, 15) is 4.79 Å². The molecule has 1 aromatic rings. The number of ether oxygens (including phenoxy) is 1. The molecule has 0 aliphatic carbocycles. The van der Waals surface area contributed by atoms with Gasteiger partial charge < -0.3 is 10.5 Å². The number of rotatable bonds is 6. The fourth-order valence-corrected chi connectivity index (χ4v) is 2.63. The van der Waals surface area contributed by atoms with Crippen LogP contribution >= 0.6 is 11.6 Å². The molecule has 0 radical (unpaired) electrons. The summed E-state index contributed by atoms with van der Waals surface area (Å²) in [6, 6.07) is 5.75. The zero-order chi connectivity index (χ0) is 14.5. The van der Waals surface area contributed by atoms with Gasteiger partial charge in [-0.15, -0.1) is 0 Å². The van der Waals surface area contributed by atoms with Gasteiger partial charge in [0, 0.05) is 13.1 Å². The van der Waals surface area contributed by atoms with Gasteiger partial charge in [0.05, 0.1) is 10.9 Å². The van der Waals surface area contributed by atoms with Crippen molar-refractivity contribution in [1.29, 1.82) is 0 Å². The minimum atomic E-state index is -0.210. The molecule has 4 nitrogen and oxygen atoms in total. The van der Waals surface area contributed by atoms with Crippen LogP contribution in [0.5, 0.6) is 5.75 Å². The Kier molecular flexibility index (Phi) is 5.04. The Morgan fingerprint density at radius 1 is 1.60 bits per heavy atom. The monoisotopic (exact) mass is 294 g/mol. The van der Waals surface area contributed by atoms with Crippen LogP contribution in [0.4, 0.5) is 0 Å². The second kappa shape index (κ2) is 6.77. The number of primary amides is 1. The van der Waals surface area contributed by atoms with Gasteiger partial charge in [0.15, 0.2) is 0 Å². The molecule has 1 atom stereocenters. The first-order valence-corrected chi connectivity index (χ1v) is 7.01. The van der Waals surface area contributed by atoms with Crippen molar-refractivity contribution >= 4 is 17.5 Å². The largest absolute Gasteiger partial charge is 0.488 e. The highest BCUT2D eigenvalue weighted by atomic mass is 35.5. The maximum absolute atomic E-state index is 11.1. The topological polar surface area (TPSA) is 55.6 Å². The van der Waals surface area contributed by atoms with Crippen LogP contribution in [0.15, 0.2) is 30.9 Å². The number of halogens is 1. The van der Waals surface area contributed by atoms with E-state index in [0.717, 1.165) is 31.6 Å². The average molecular weight is 295 g/mol. The van der Waals surface area contributed by atoms with E-state index >= 15 is 0 Å². The summed E-state index contributed by atoms with van der Waals surface area (Å²) in [5.74, 6) is 0.422. The first kappa shape index (κ1) is 14.9. The van der Waals surface area contributed by atoms with Gasteiger partial charge in [0.2, 0.25) is 5.91 Å². The fraction of sp³-hybridized carbons (Fsp3) is 0.400. The summed E-state index contributed by atoms with van der Waals surface area (Å²) in [5.41, 5.74) is 6.44. The molecule has 1 amide bonds. The average Bonchev–Trinajstić information content (AvgIpc) is 2.86. The van der Waals surface area contributed by atoms with Crippen LogP contribution in [-0.4, -0.2) is 30.5 Å². The normalized spacial score (nSPS) is 18.9. The summed E-state index contributed by atoms with van der Waals surface area (Å²) in [7, 11) is 0. The Bertz CT molecular complexity index is 505. The second-order valence-electron chi connectivity index (χ2n) is 4.99. The molecule has 1 fully saturated rings. The minimum absolute atomic E-state index is 0.0272. The van der Waals surface area contributed by atoms with Crippen LogP contribution in [-0.2, 0) is 11.3 Å². The third-order valence-corrected chi connectivity index (χ3v) is 3.73. The Morgan fingerprint density at radius 2 is 2.40 bits per heavy atom. The lowest BCUT2D eigenvalue weighted by Crippen LogP contribution is -2.27. The lowest BCUT2D eigenvalue weighted by atomic mass is 10.1. The third kappa shape index (κ3) is 3.74. The number of likely N-dealkylation sites (tertiary alicyclic amines) is 1. The SMILES string of the molecule is C=CCOc1ccc(CN2CC[C@H](C(N)=O)C2)cc1Cl. The van der Waals surface area contributed by atoms with Crippen molar-refractivity contribution < 1.29 is 9.53 Å². The zero-order valence-corrected chi connectivity index (χ0v) is 12.1. The molecular weight excluding hydrogens is 276 g/mol. The lowest BCUT2D eigenvalue weighted by Gasteiger charge is -2.16. The molecule has 108 valence electrons. The number of carbonyl (C=O) groups is 1. The van der Waals surface area contributed by atoms with Gasteiger partial charge in [-0.2, -0.15) is 0 Å². The van der Waals surface area contributed by atoms with E-state index in [0.29, 0.717) is 17.4 Å². The fourth-order valence-electron chi connectivity index (χ4n) is 2.38. The molecule has 5 heteroatoms. The molecular formula is C15H19ClN2O2. The van der Waals surface area contributed by atoms with Crippen molar-refractivity contribution in [2.45, 2.75) is 13.0 Å². The van der Waals surface area contributed by atoms with E-state index in [1.807, 2.05) is 18.2 Å². The van der Waals surface area contributed by atoms with Gasteiger partial charge in [-0.25, -0.2) is 0 Å². The molecule has 1 heterocycles. The molecule has 20 heavy (non-hydrogen) atoms. The highest BCUT2D eigenvalue weighted by molar-refractivity contribution is 6.32. The first-order valence-electron chi connectivity index (χ1n) is 6.64. The van der Waals surface area contributed by atoms with Crippen molar-refractivity contribution in [3.63, 3.8) is 0 Å². The van der Waals surface area contributed by atoms with E-state index in [2.05, 4.69) is 11.5 Å². The van der Waals surface area contributed by atoms with Crippen LogP contribution < -0.4 is 10.5 Å². The quantitative estimate of drug-likeness (QED) is 0.819. The molecule has 1 aliphatic rings. The Labute approximate surface area is 124 Å². The molecule has 1 aromatic carbocycles. The van der Waals surface area contributed by atoms with Gasteiger partial charge in [-0.05, 0) is 30.7 Å². The molecule has 1 aliphatic heterocycles. The van der Waals surface area contributed by atoms with Crippen molar-refractivity contribution in [1.82, 2.24) is 4.90 Å². The molecule has 2 rings (SSSR count). The van der Waals surface area contributed by atoms with Gasteiger partial charge in [0.25, 0.3) is 0 Å². The van der Waals surface area contributed by atoms with Crippen molar-refractivity contribution in [3.05, 3.63) is 41.4 Å². The maximum Gasteiger partial charge on any atom is 0.221 e. The van der Waals surface area contributed by atoms with E-state index < -0.39 is 0 Å². The maximum atomic E-state index is 11.1. The number of benzene rings is 1. The van der Waals surface area contributed by atoms with Crippen LogP contribution in [0, 0.1) is 5.92 Å². The first-order chi connectivity index (χ1) is 9.60. The van der Waals surface area contributed by atoms with Gasteiger partial charge in [-0.3, -0.25) is 9.69 Å². The van der Waals surface area contributed by atoms with E-state index in [1.54, 1.807) is 6.08 Å². The molecule has 2 N–H and O–H groups in total. The van der Waals surface area contributed by atoms with Crippen LogP contribution in [0.25, 0.3) is 0 Å². The summed E-state index contributed by atoms with van der Waals surface area (Å²) in [4.78, 5) is 13.4. The molecule has 0 bridgehead atoms. The number of amides is 1. The second-order valence-corrected chi connectivity index (χ2v) is 5.39. The molecule has 0 saturated carbocycles. The van der Waals surface area contributed by atoms with Gasteiger partial charge in [0.1, 0.15) is 12.4 Å². The Balaban J connectivity index is 1.95. The van der Waals surface area contributed by atoms with E-state index in [4.69, 9.17) is 22.1 Å². The van der Waals surface area contributed by atoms with Crippen molar-refractivity contribution in [3.8, 4) is 5.75 Å². The van der Waals surface area contributed by atoms with Crippen LogP contribution in [0.3, 0.4) is 0 Å². The molecule has 0 aromatic heterocycles. The number of nitrogens with two attached hydrogens (primary N) is 1. The predicted molar refractivity (Wildman–Crippen MR) is 79.7 cm³/mol. The van der Waals surface area contributed by atoms with Crippen LogP contribution in [0.2, 0.25) is 5.02 Å². The zero-order valence-electron chi connectivity index (χ0n) is 11.3. The number of hydrogen-bond donors (Lipinski definition) is 1. The van der Waals surface area contributed by atoms with Gasteiger partial charge >= 0.3 is 0 Å². The lowest BCUT2D eigenvalue weighted by molar-refractivity contribution is -0.121. The Hall–Kier alpha value is -1.52. The number of nitrogens with zero attached hydrogens (tertiary/aromatic N) is 1. The molecule has 0 unspecified atom stereocenters. The third-order valence-electron chi connectivity index (χ3n) is 3.43. The summed E-state index contributed by atoms with van der Waals surface area (Å²) < 4.78 is 5.43. The highest BCUT2D eigenvalue weighted by Gasteiger charge is 2.26. The Morgan fingerprint density at radius 3 is 3.00 bits per heavy atom. The number of carbonyl (C=O) groups excluding carboxylic acids is 1. The predicted octanol–water partition coefficient (Wildman–Crippen LogP) is 2.21. The highest BCUT2D eigenvalue weighted by Crippen LogP contribution is 2.27. The van der Waals surface area contributed by atoms with E-state index in [-0.39, 0.29) is 11.8 Å². The smallest absolute Gasteiger partial charge is 0.221 e. The van der Waals surface area contributed by atoms with Crippen molar-refractivity contribution in [2.75, 3.05) is 19.7 Å². The summed E-state index contributed by atoms with van der Waals surface area (Å²) in [5, 5.41) is 0.593. The summed E-state index contributed by atoms with van der Waals surface area (Å²) >= 11 is 6.18. The number of hydrogen-bond acceptors (Lipinski definition) is 3.